The highest BCUT2D eigenvalue weighted by molar-refractivity contribution is 6.46. The lowest BCUT2D eigenvalue weighted by atomic mass is 9.95. The average molecular weight is 367 g/mol. The Morgan fingerprint density at radius 3 is 2.30 bits per heavy atom. The average Bonchev–Trinajstić information content (AvgIpc) is 2.97. The van der Waals surface area contributed by atoms with Crippen molar-refractivity contribution in [3.63, 3.8) is 0 Å². The molecule has 0 saturated carbocycles. The fraction of sp³-hybridized carbons (Fsp3) is 0.238. The van der Waals surface area contributed by atoms with Gasteiger partial charge in [0.1, 0.15) is 11.5 Å². The second kappa shape index (κ2) is 8.05. The molecule has 1 heterocycles. The van der Waals surface area contributed by atoms with E-state index in [4.69, 9.17) is 9.47 Å². The Labute approximate surface area is 157 Å². The first-order chi connectivity index (χ1) is 13.1. The second-order valence-corrected chi connectivity index (χ2v) is 6.12. The number of Topliss-reactive ketones (excluding diaryl/α,β-unsaturated/α-hetero) is 1. The van der Waals surface area contributed by atoms with E-state index in [-0.39, 0.29) is 24.5 Å². The molecule has 2 aromatic rings. The molecular weight excluding hydrogens is 346 g/mol. The van der Waals surface area contributed by atoms with E-state index in [1.165, 1.54) is 12.0 Å². The number of aliphatic hydroxyl groups is 1. The number of benzene rings is 2. The van der Waals surface area contributed by atoms with Crippen molar-refractivity contribution in [2.75, 3.05) is 27.4 Å². The number of carbonyl (C=O) groups is 2. The Morgan fingerprint density at radius 2 is 1.70 bits per heavy atom. The van der Waals surface area contributed by atoms with E-state index in [1.807, 2.05) is 6.07 Å². The van der Waals surface area contributed by atoms with Crippen molar-refractivity contribution in [1.29, 1.82) is 0 Å². The summed E-state index contributed by atoms with van der Waals surface area (Å²) in [6.07, 6.45) is 0. The van der Waals surface area contributed by atoms with Gasteiger partial charge in [-0.3, -0.25) is 9.59 Å². The summed E-state index contributed by atoms with van der Waals surface area (Å²) in [4.78, 5) is 26.8. The zero-order chi connectivity index (χ0) is 19.4. The summed E-state index contributed by atoms with van der Waals surface area (Å²) in [6, 6.07) is 15.1. The second-order valence-electron chi connectivity index (χ2n) is 6.12. The SMILES string of the molecule is COCCN1C(=O)C(=O)/C(=C(/O)c2ccccc2)[C@H]1c1ccc(OC)cc1. The first kappa shape index (κ1) is 18.7. The van der Waals surface area contributed by atoms with Crippen LogP contribution in [0.4, 0.5) is 0 Å². The number of amides is 1. The molecule has 140 valence electrons. The van der Waals surface area contributed by atoms with Gasteiger partial charge in [-0.2, -0.15) is 0 Å². The number of nitrogens with zero attached hydrogens (tertiary/aromatic N) is 1. The summed E-state index contributed by atoms with van der Waals surface area (Å²) in [5.41, 5.74) is 1.27. The number of ketones is 1. The van der Waals surface area contributed by atoms with Gasteiger partial charge in [0, 0.05) is 19.2 Å². The monoisotopic (exact) mass is 367 g/mol. The van der Waals surface area contributed by atoms with E-state index in [2.05, 4.69) is 0 Å². The van der Waals surface area contributed by atoms with Crippen molar-refractivity contribution in [1.82, 2.24) is 4.90 Å². The molecule has 3 rings (SSSR count). The molecule has 1 amide bonds. The van der Waals surface area contributed by atoms with Crippen LogP contribution in [0.2, 0.25) is 0 Å². The summed E-state index contributed by atoms with van der Waals surface area (Å²) >= 11 is 0. The number of carbonyl (C=O) groups excluding carboxylic acids is 2. The molecule has 1 atom stereocenters. The molecule has 0 spiro atoms. The van der Waals surface area contributed by atoms with Gasteiger partial charge < -0.3 is 19.5 Å². The predicted molar refractivity (Wildman–Crippen MR) is 100 cm³/mol. The van der Waals surface area contributed by atoms with Crippen LogP contribution in [-0.2, 0) is 14.3 Å². The maximum Gasteiger partial charge on any atom is 0.295 e. The number of aliphatic hydroxyl groups excluding tert-OH is 1. The number of methoxy groups -OCH3 is 2. The molecule has 1 N–H and O–H groups in total. The number of hydrogen-bond donors (Lipinski definition) is 1. The highest BCUT2D eigenvalue weighted by Crippen LogP contribution is 2.39. The number of hydrogen-bond acceptors (Lipinski definition) is 5. The van der Waals surface area contributed by atoms with Gasteiger partial charge in [-0.25, -0.2) is 0 Å². The largest absolute Gasteiger partial charge is 0.507 e. The molecule has 1 fully saturated rings. The van der Waals surface area contributed by atoms with Gasteiger partial charge in [0.15, 0.2) is 0 Å². The van der Waals surface area contributed by atoms with Crippen LogP contribution in [0.1, 0.15) is 17.2 Å². The maximum absolute atomic E-state index is 12.7. The summed E-state index contributed by atoms with van der Waals surface area (Å²) in [7, 11) is 3.10. The van der Waals surface area contributed by atoms with Crippen LogP contribution >= 0.6 is 0 Å². The van der Waals surface area contributed by atoms with E-state index in [1.54, 1.807) is 55.6 Å². The zero-order valence-corrected chi connectivity index (χ0v) is 15.2. The number of rotatable bonds is 6. The van der Waals surface area contributed by atoms with Crippen LogP contribution < -0.4 is 4.74 Å². The lowest BCUT2D eigenvalue weighted by Crippen LogP contribution is -2.32. The highest BCUT2D eigenvalue weighted by Gasteiger charge is 2.45. The van der Waals surface area contributed by atoms with Crippen LogP contribution in [0.3, 0.4) is 0 Å². The Hall–Kier alpha value is -3.12. The van der Waals surface area contributed by atoms with Crippen LogP contribution in [0, 0.1) is 0 Å². The smallest absolute Gasteiger partial charge is 0.295 e. The minimum Gasteiger partial charge on any atom is -0.507 e. The molecule has 0 unspecified atom stereocenters. The van der Waals surface area contributed by atoms with Crippen LogP contribution in [0.5, 0.6) is 5.75 Å². The molecule has 6 heteroatoms. The zero-order valence-electron chi connectivity index (χ0n) is 15.2. The molecular formula is C21H21NO5. The molecule has 0 radical (unpaired) electrons. The summed E-state index contributed by atoms with van der Waals surface area (Å²) in [5.74, 6) is -0.871. The van der Waals surface area contributed by atoms with Crippen molar-refractivity contribution >= 4 is 17.4 Å². The van der Waals surface area contributed by atoms with Crippen molar-refractivity contribution < 1.29 is 24.2 Å². The van der Waals surface area contributed by atoms with E-state index >= 15 is 0 Å². The van der Waals surface area contributed by atoms with Gasteiger partial charge in [-0.15, -0.1) is 0 Å². The van der Waals surface area contributed by atoms with Gasteiger partial charge in [0.25, 0.3) is 11.7 Å². The minimum atomic E-state index is -0.701. The summed E-state index contributed by atoms with van der Waals surface area (Å²) < 4.78 is 10.3. The Balaban J connectivity index is 2.13. The molecule has 2 aromatic carbocycles. The highest BCUT2D eigenvalue weighted by atomic mass is 16.5. The molecule has 0 bridgehead atoms. The molecule has 1 aliphatic heterocycles. The molecule has 0 aromatic heterocycles. The normalized spacial score (nSPS) is 18.7. The van der Waals surface area contributed by atoms with Gasteiger partial charge >= 0.3 is 0 Å². The third kappa shape index (κ3) is 3.57. The van der Waals surface area contributed by atoms with E-state index in [0.29, 0.717) is 16.9 Å². The molecule has 6 nitrogen and oxygen atoms in total. The van der Waals surface area contributed by atoms with Crippen molar-refractivity contribution in [2.45, 2.75) is 6.04 Å². The molecule has 27 heavy (non-hydrogen) atoms. The third-order valence-electron chi connectivity index (χ3n) is 4.56. The first-order valence-electron chi connectivity index (χ1n) is 8.55. The van der Waals surface area contributed by atoms with Crippen molar-refractivity contribution in [2.24, 2.45) is 0 Å². The lowest BCUT2D eigenvalue weighted by molar-refractivity contribution is -0.140. The molecule has 0 aliphatic carbocycles. The van der Waals surface area contributed by atoms with Gasteiger partial charge in [-0.05, 0) is 17.7 Å². The number of likely N-dealkylation sites (tertiary alicyclic amines) is 1. The lowest BCUT2D eigenvalue weighted by Gasteiger charge is -2.25. The van der Waals surface area contributed by atoms with Crippen LogP contribution in [0.15, 0.2) is 60.2 Å². The summed E-state index contributed by atoms with van der Waals surface area (Å²) in [5, 5.41) is 10.8. The van der Waals surface area contributed by atoms with Gasteiger partial charge in [0.2, 0.25) is 0 Å². The molecule has 1 aliphatic rings. The van der Waals surface area contributed by atoms with Crippen LogP contribution in [0.25, 0.3) is 5.76 Å². The van der Waals surface area contributed by atoms with Crippen LogP contribution in [-0.4, -0.2) is 49.1 Å². The van der Waals surface area contributed by atoms with E-state index in [9.17, 15) is 14.7 Å². The summed E-state index contributed by atoms with van der Waals surface area (Å²) in [6.45, 7) is 0.522. The fourth-order valence-corrected chi connectivity index (χ4v) is 3.18. The Bertz CT molecular complexity index is 858. The topological polar surface area (TPSA) is 76.1 Å². The molecule has 1 saturated heterocycles. The van der Waals surface area contributed by atoms with Gasteiger partial charge in [-0.1, -0.05) is 42.5 Å². The minimum absolute atomic E-state index is 0.0764. The van der Waals surface area contributed by atoms with E-state index in [0.717, 1.165) is 0 Å². The third-order valence-corrected chi connectivity index (χ3v) is 4.56. The number of ether oxygens (including phenoxy) is 2. The predicted octanol–water partition coefficient (Wildman–Crippen LogP) is 2.76. The van der Waals surface area contributed by atoms with E-state index < -0.39 is 17.7 Å². The first-order valence-corrected chi connectivity index (χ1v) is 8.55. The van der Waals surface area contributed by atoms with Gasteiger partial charge in [0.05, 0.1) is 25.3 Å². The van der Waals surface area contributed by atoms with Crippen molar-refractivity contribution in [3.8, 4) is 5.75 Å². The fourth-order valence-electron chi connectivity index (χ4n) is 3.18. The quantitative estimate of drug-likeness (QED) is 0.483. The Morgan fingerprint density at radius 1 is 1.04 bits per heavy atom. The van der Waals surface area contributed by atoms with Crippen molar-refractivity contribution in [3.05, 3.63) is 71.3 Å². The standard InChI is InChI=1S/C21H21NO5/c1-26-13-12-22-18(14-8-10-16(27-2)11-9-14)17(20(24)21(22)25)19(23)15-6-4-3-5-7-15/h3-11,18,23H,12-13H2,1-2H3/b19-17+/t18-/m1/s1. The Kier molecular flexibility index (Phi) is 5.57. The maximum atomic E-state index is 12.7.